The predicted octanol–water partition coefficient (Wildman–Crippen LogP) is 4.91. The molecule has 2 amide bonds. The average Bonchev–Trinajstić information content (AvgIpc) is 3.04. The molecule has 1 aromatic heterocycles. The van der Waals surface area contributed by atoms with Gasteiger partial charge in [0.15, 0.2) is 5.16 Å². The van der Waals surface area contributed by atoms with E-state index >= 15 is 0 Å². The summed E-state index contributed by atoms with van der Waals surface area (Å²) < 4.78 is 5.07. The number of carbonyl (C=O) groups is 3. The largest absolute Gasteiger partial charge is 0.462 e. The molecule has 0 fully saturated rings. The van der Waals surface area contributed by atoms with Crippen LogP contribution in [0.5, 0.6) is 0 Å². The molecular formula is C26H23ClN4O4S. The van der Waals surface area contributed by atoms with Crippen molar-refractivity contribution in [3.05, 3.63) is 92.7 Å². The summed E-state index contributed by atoms with van der Waals surface area (Å²) in [6.07, 6.45) is 0. The zero-order chi connectivity index (χ0) is 25.8. The molecule has 2 aromatic carbocycles. The first-order valence-corrected chi connectivity index (χ1v) is 12.3. The maximum Gasteiger partial charge on any atom is 0.338 e. The predicted molar refractivity (Wildman–Crippen MR) is 137 cm³/mol. The van der Waals surface area contributed by atoms with Gasteiger partial charge in [-0.3, -0.25) is 14.5 Å². The Balaban J connectivity index is 1.69. The summed E-state index contributed by atoms with van der Waals surface area (Å²) in [6.45, 7) is 5.70. The van der Waals surface area contributed by atoms with E-state index in [1.165, 1.54) is 0 Å². The fraction of sp³-hybridized carbons (Fsp3) is 0.192. The van der Waals surface area contributed by atoms with Gasteiger partial charge >= 0.3 is 5.97 Å². The van der Waals surface area contributed by atoms with Crippen molar-refractivity contribution in [1.82, 2.24) is 14.9 Å². The van der Waals surface area contributed by atoms with E-state index in [2.05, 4.69) is 15.3 Å². The SMILES string of the molecule is CCOC(=O)c1cccc(NC2=C(Sc3nc(C)cc(C)n3)C(=O)N(Cc3ccc(Cl)cc3)C2=O)c1. The molecule has 0 spiro atoms. The molecule has 0 aliphatic carbocycles. The van der Waals surface area contributed by atoms with Crippen LogP contribution in [0.25, 0.3) is 0 Å². The number of amides is 2. The van der Waals surface area contributed by atoms with Crippen molar-refractivity contribution in [3.8, 4) is 0 Å². The minimum atomic E-state index is -0.497. The van der Waals surface area contributed by atoms with E-state index in [1.807, 2.05) is 19.9 Å². The van der Waals surface area contributed by atoms with Crippen LogP contribution in [0.1, 0.15) is 34.2 Å². The molecule has 2 heterocycles. The Labute approximate surface area is 217 Å². The molecule has 36 heavy (non-hydrogen) atoms. The molecule has 0 atom stereocenters. The van der Waals surface area contributed by atoms with E-state index in [1.54, 1.807) is 55.5 Å². The maximum atomic E-state index is 13.5. The summed E-state index contributed by atoms with van der Waals surface area (Å²) in [6, 6.07) is 15.3. The number of carbonyl (C=O) groups excluding carboxylic acids is 3. The molecule has 10 heteroatoms. The Morgan fingerprint density at radius 3 is 2.39 bits per heavy atom. The normalized spacial score (nSPS) is 13.4. The van der Waals surface area contributed by atoms with Gasteiger partial charge in [-0.15, -0.1) is 0 Å². The van der Waals surface area contributed by atoms with E-state index in [-0.39, 0.29) is 23.8 Å². The van der Waals surface area contributed by atoms with Gasteiger partial charge < -0.3 is 10.1 Å². The summed E-state index contributed by atoms with van der Waals surface area (Å²) in [5, 5.41) is 3.96. The molecule has 4 rings (SSSR count). The van der Waals surface area contributed by atoms with Crippen molar-refractivity contribution < 1.29 is 19.1 Å². The van der Waals surface area contributed by atoms with Crippen LogP contribution >= 0.6 is 23.4 Å². The number of ether oxygens (including phenoxy) is 1. The molecule has 184 valence electrons. The number of benzene rings is 2. The van der Waals surface area contributed by atoms with Crippen molar-refractivity contribution >= 4 is 46.8 Å². The highest BCUT2D eigenvalue weighted by Crippen LogP contribution is 2.35. The standard InChI is InChI=1S/C26H23ClN4O4S/c1-4-35-25(34)18-6-5-7-20(13-18)30-21-22(36-26-28-15(2)12-16(3)29-26)24(33)31(23(21)32)14-17-8-10-19(27)11-9-17/h5-13,30H,4,14H2,1-3H3. The zero-order valence-electron chi connectivity index (χ0n) is 19.9. The second-order valence-electron chi connectivity index (χ2n) is 7.99. The zero-order valence-corrected chi connectivity index (χ0v) is 21.4. The summed E-state index contributed by atoms with van der Waals surface area (Å²) in [4.78, 5) is 49.2. The molecule has 0 bridgehead atoms. The van der Waals surface area contributed by atoms with Gasteiger partial charge in [0.25, 0.3) is 11.8 Å². The maximum absolute atomic E-state index is 13.5. The van der Waals surface area contributed by atoms with E-state index in [0.29, 0.717) is 21.4 Å². The van der Waals surface area contributed by atoms with Crippen molar-refractivity contribution in [2.45, 2.75) is 32.5 Å². The highest BCUT2D eigenvalue weighted by Gasteiger charge is 2.39. The van der Waals surface area contributed by atoms with E-state index < -0.39 is 17.8 Å². The lowest BCUT2D eigenvalue weighted by Gasteiger charge is -2.15. The number of thioether (sulfide) groups is 1. The van der Waals surface area contributed by atoms with Crippen molar-refractivity contribution in [1.29, 1.82) is 0 Å². The third kappa shape index (κ3) is 5.75. The minimum Gasteiger partial charge on any atom is -0.462 e. The molecular weight excluding hydrogens is 500 g/mol. The molecule has 1 aliphatic rings. The number of anilines is 1. The number of nitrogens with zero attached hydrogens (tertiary/aromatic N) is 3. The number of hydrogen-bond acceptors (Lipinski definition) is 8. The van der Waals surface area contributed by atoms with Gasteiger partial charge in [-0.2, -0.15) is 0 Å². The number of esters is 1. The van der Waals surface area contributed by atoms with Crippen molar-refractivity contribution in [3.63, 3.8) is 0 Å². The average molecular weight is 523 g/mol. The summed E-state index contributed by atoms with van der Waals surface area (Å²) in [5.41, 5.74) is 3.11. The summed E-state index contributed by atoms with van der Waals surface area (Å²) in [7, 11) is 0. The fourth-order valence-corrected chi connectivity index (χ4v) is 4.71. The monoisotopic (exact) mass is 522 g/mol. The Morgan fingerprint density at radius 1 is 1.03 bits per heavy atom. The van der Waals surface area contributed by atoms with Crippen LogP contribution in [0, 0.1) is 13.8 Å². The quantitative estimate of drug-likeness (QED) is 0.253. The van der Waals surface area contributed by atoms with Gasteiger partial charge in [0, 0.05) is 22.1 Å². The van der Waals surface area contributed by atoms with E-state index in [0.717, 1.165) is 33.6 Å². The Hall–Kier alpha value is -3.69. The van der Waals surface area contributed by atoms with Crippen molar-refractivity contribution in [2.24, 2.45) is 0 Å². The topological polar surface area (TPSA) is 101 Å². The van der Waals surface area contributed by atoms with Crippen LogP contribution in [0.3, 0.4) is 0 Å². The number of rotatable bonds is 8. The summed E-state index contributed by atoms with van der Waals surface area (Å²) >= 11 is 7.00. The first-order chi connectivity index (χ1) is 17.2. The Kier molecular flexibility index (Phi) is 7.71. The molecule has 0 saturated carbocycles. The first kappa shape index (κ1) is 25.4. The minimum absolute atomic E-state index is 0.0701. The number of imide groups is 1. The molecule has 3 aromatic rings. The highest BCUT2D eigenvalue weighted by atomic mass is 35.5. The lowest BCUT2D eigenvalue weighted by Crippen LogP contribution is -2.31. The Morgan fingerprint density at radius 2 is 1.72 bits per heavy atom. The number of nitrogens with one attached hydrogen (secondary N) is 1. The van der Waals surface area contributed by atoms with Crippen LogP contribution in [-0.2, 0) is 20.9 Å². The molecule has 1 N–H and O–H groups in total. The van der Waals surface area contributed by atoms with Gasteiger partial charge in [0.05, 0.1) is 18.7 Å². The number of halogens is 1. The number of aromatic nitrogens is 2. The van der Waals surface area contributed by atoms with Crippen molar-refractivity contribution in [2.75, 3.05) is 11.9 Å². The lowest BCUT2D eigenvalue weighted by atomic mass is 10.2. The molecule has 0 radical (unpaired) electrons. The van der Waals surface area contributed by atoms with Crippen LogP contribution in [0.15, 0.2) is 70.4 Å². The van der Waals surface area contributed by atoms with E-state index in [4.69, 9.17) is 16.3 Å². The number of aryl methyl sites for hydroxylation is 2. The highest BCUT2D eigenvalue weighted by molar-refractivity contribution is 8.04. The van der Waals surface area contributed by atoms with E-state index in [9.17, 15) is 14.4 Å². The Bertz CT molecular complexity index is 1350. The van der Waals surface area contributed by atoms with Gasteiger partial charge in [-0.1, -0.05) is 29.8 Å². The first-order valence-electron chi connectivity index (χ1n) is 11.1. The fourth-order valence-electron chi connectivity index (χ4n) is 3.59. The molecule has 0 unspecified atom stereocenters. The second-order valence-corrected chi connectivity index (χ2v) is 9.40. The van der Waals surface area contributed by atoms with Crippen LogP contribution in [-0.4, -0.2) is 39.3 Å². The third-order valence-corrected chi connectivity index (χ3v) is 6.38. The molecule has 1 aliphatic heterocycles. The lowest BCUT2D eigenvalue weighted by molar-refractivity contribution is -0.137. The third-order valence-electron chi connectivity index (χ3n) is 5.18. The smallest absolute Gasteiger partial charge is 0.338 e. The van der Waals surface area contributed by atoms with Gasteiger partial charge in [-0.25, -0.2) is 14.8 Å². The second kappa shape index (κ2) is 10.9. The molecule has 8 nitrogen and oxygen atoms in total. The summed E-state index contributed by atoms with van der Waals surface area (Å²) in [5.74, 6) is -1.44. The van der Waals surface area contributed by atoms with Crippen LogP contribution < -0.4 is 5.32 Å². The van der Waals surface area contributed by atoms with Gasteiger partial charge in [0.2, 0.25) is 0 Å². The van der Waals surface area contributed by atoms with Crippen LogP contribution in [0.4, 0.5) is 5.69 Å². The number of hydrogen-bond donors (Lipinski definition) is 1. The molecule has 0 saturated heterocycles. The van der Waals surface area contributed by atoms with Crippen LogP contribution in [0.2, 0.25) is 5.02 Å². The van der Waals surface area contributed by atoms with Gasteiger partial charge in [0.1, 0.15) is 10.6 Å². The van der Waals surface area contributed by atoms with Gasteiger partial charge in [-0.05, 0) is 74.5 Å².